The van der Waals surface area contributed by atoms with Crippen molar-refractivity contribution >= 4 is 23.1 Å². The van der Waals surface area contributed by atoms with Crippen LogP contribution in [0, 0.1) is 11.8 Å². The van der Waals surface area contributed by atoms with E-state index in [1.54, 1.807) is 0 Å². The molecule has 2 heterocycles. The summed E-state index contributed by atoms with van der Waals surface area (Å²) in [4.78, 5) is 23.7. The summed E-state index contributed by atoms with van der Waals surface area (Å²) in [5, 5.41) is 2.95. The first kappa shape index (κ1) is 26.0. The Balaban J connectivity index is 2.13. The van der Waals surface area contributed by atoms with Crippen molar-refractivity contribution in [2.75, 3.05) is 18.0 Å². The summed E-state index contributed by atoms with van der Waals surface area (Å²) >= 11 is 0. The number of carbonyl (C=O) groups is 1. The van der Waals surface area contributed by atoms with Crippen LogP contribution in [-0.2, 0) is 10.7 Å². The molecule has 3 N–H and O–H groups in total. The van der Waals surface area contributed by atoms with Crippen LogP contribution in [0.15, 0.2) is 35.5 Å². The van der Waals surface area contributed by atoms with Crippen LogP contribution in [-0.4, -0.2) is 35.9 Å². The van der Waals surface area contributed by atoms with Crippen molar-refractivity contribution in [3.63, 3.8) is 0 Å². The molecule has 1 saturated heterocycles. The minimum absolute atomic E-state index is 0.00338. The molecule has 1 amide bonds. The molecule has 6 nitrogen and oxygen atoms in total. The lowest BCUT2D eigenvalue weighted by Gasteiger charge is -2.32. The second kappa shape index (κ2) is 10.8. The number of halogens is 2. The van der Waals surface area contributed by atoms with E-state index >= 15 is 0 Å². The number of nitrogens with zero attached hydrogens (tertiary/aromatic N) is 3. The summed E-state index contributed by atoms with van der Waals surface area (Å²) in [6.07, 6.45) is 5.70. The normalized spacial score (nSPS) is 21.1. The zero-order valence-electron chi connectivity index (χ0n) is 20.7. The van der Waals surface area contributed by atoms with Crippen molar-refractivity contribution in [2.45, 2.75) is 71.8 Å². The molecule has 1 unspecified atom stereocenters. The monoisotopic (exact) mass is 473 g/mol. The quantitative estimate of drug-likeness (QED) is 0.411. The van der Waals surface area contributed by atoms with Crippen LogP contribution in [0.4, 0.5) is 14.6 Å². The van der Waals surface area contributed by atoms with Gasteiger partial charge in [-0.25, -0.2) is 18.8 Å². The lowest BCUT2D eigenvalue weighted by molar-refractivity contribution is -0.120. The molecule has 0 radical (unpaired) electrons. The van der Waals surface area contributed by atoms with Gasteiger partial charge in [0.1, 0.15) is 11.7 Å². The number of piperidine rings is 1. The maximum absolute atomic E-state index is 14.5. The smallest absolute Gasteiger partial charge is 0.270 e. The number of nitrogens with two attached hydrogens (primary N) is 1. The number of pyridine rings is 1. The number of aliphatic imine (C=N–C) groups is 1. The van der Waals surface area contributed by atoms with Gasteiger partial charge in [-0.05, 0) is 62.7 Å². The van der Waals surface area contributed by atoms with Crippen molar-refractivity contribution in [3.8, 4) is 0 Å². The summed E-state index contributed by atoms with van der Waals surface area (Å²) in [6.45, 7) is 11.8. The van der Waals surface area contributed by atoms with Crippen molar-refractivity contribution in [1.82, 2.24) is 10.3 Å². The van der Waals surface area contributed by atoms with Gasteiger partial charge in [0.25, 0.3) is 5.92 Å². The Bertz CT molecular complexity index is 978. The Morgan fingerprint density at radius 2 is 2.12 bits per heavy atom. The van der Waals surface area contributed by atoms with Gasteiger partial charge >= 0.3 is 0 Å². The number of aromatic nitrogens is 1. The molecule has 2 aliphatic rings. The van der Waals surface area contributed by atoms with E-state index in [1.807, 2.05) is 25.7 Å². The van der Waals surface area contributed by atoms with Gasteiger partial charge in [0.2, 0.25) is 5.91 Å². The molecule has 8 heteroatoms. The maximum Gasteiger partial charge on any atom is 0.270 e. The lowest BCUT2D eigenvalue weighted by Crippen LogP contribution is -2.43. The van der Waals surface area contributed by atoms with Gasteiger partial charge in [-0.1, -0.05) is 20.4 Å². The van der Waals surface area contributed by atoms with E-state index in [9.17, 15) is 13.6 Å². The van der Waals surface area contributed by atoms with Crippen LogP contribution in [0.1, 0.15) is 71.1 Å². The lowest BCUT2D eigenvalue weighted by atomic mass is 9.90. The van der Waals surface area contributed by atoms with Crippen LogP contribution in [0.3, 0.4) is 0 Å². The van der Waals surface area contributed by atoms with Gasteiger partial charge < -0.3 is 16.0 Å². The Labute approximate surface area is 201 Å². The summed E-state index contributed by atoms with van der Waals surface area (Å²) in [7, 11) is 0. The fourth-order valence-corrected chi connectivity index (χ4v) is 4.29. The Kier molecular flexibility index (Phi) is 8.23. The molecule has 3 rings (SSSR count). The van der Waals surface area contributed by atoms with Gasteiger partial charge in [0.15, 0.2) is 0 Å². The molecule has 2 atom stereocenters. The summed E-state index contributed by atoms with van der Waals surface area (Å²) in [5.41, 5.74) is 7.98. The van der Waals surface area contributed by atoms with Crippen molar-refractivity contribution < 1.29 is 13.6 Å². The molecule has 1 saturated carbocycles. The van der Waals surface area contributed by atoms with E-state index in [-0.39, 0.29) is 29.3 Å². The Hall–Kier alpha value is -2.61. The molecule has 0 aromatic carbocycles. The van der Waals surface area contributed by atoms with Crippen LogP contribution < -0.4 is 16.0 Å². The first-order chi connectivity index (χ1) is 16.0. The molecule has 1 aromatic heterocycles. The number of alkyl halides is 2. The SMILES string of the molecule is C=CN=C(NC(=O)C1CC1)/C(=C(\C)c1cc(C(C)(F)F)cc(N2CCC[C@H](N)C2)n1)C(C)CC. The number of amides is 1. The standard InChI is InChI=1S/C26H37F2N5O/c1-6-16(3)23(24(30-7-2)32-25(34)18-10-11-18)17(4)21-13-19(26(5,27)28)14-22(31-21)33-12-8-9-20(29)15-33/h7,13-14,16,18,20H,2,6,8-12,15,29H2,1,3-5H3,(H,30,32,34)/b23-17+/t16?,20-/m0/s1. The molecule has 1 aromatic rings. The Morgan fingerprint density at radius 3 is 2.68 bits per heavy atom. The number of carbonyl (C=O) groups excluding carboxylic acids is 1. The average molecular weight is 474 g/mol. The number of anilines is 1. The molecule has 1 aliphatic heterocycles. The van der Waals surface area contributed by atoms with Gasteiger partial charge in [0, 0.05) is 49.3 Å². The highest BCUT2D eigenvalue weighted by Crippen LogP contribution is 2.35. The molecular formula is C26H37F2N5O. The fourth-order valence-electron chi connectivity index (χ4n) is 4.29. The minimum Gasteiger partial charge on any atom is -0.355 e. The van der Waals surface area contributed by atoms with Gasteiger partial charge in [0.05, 0.1) is 5.69 Å². The Morgan fingerprint density at radius 1 is 1.41 bits per heavy atom. The van der Waals surface area contributed by atoms with E-state index in [4.69, 9.17) is 10.7 Å². The predicted molar refractivity (Wildman–Crippen MR) is 134 cm³/mol. The molecular weight excluding hydrogens is 436 g/mol. The second-order valence-corrected chi connectivity index (χ2v) is 9.61. The number of hydrogen-bond acceptors (Lipinski definition) is 5. The molecule has 0 spiro atoms. The third-order valence-corrected chi connectivity index (χ3v) is 6.66. The number of amidine groups is 1. The molecule has 1 aliphatic carbocycles. The van der Waals surface area contributed by atoms with E-state index in [0.29, 0.717) is 29.5 Å². The minimum atomic E-state index is -3.03. The van der Waals surface area contributed by atoms with Crippen LogP contribution in [0.5, 0.6) is 0 Å². The second-order valence-electron chi connectivity index (χ2n) is 9.61. The van der Waals surface area contributed by atoms with Crippen molar-refractivity contribution in [1.29, 1.82) is 0 Å². The predicted octanol–water partition coefficient (Wildman–Crippen LogP) is 5.01. The summed E-state index contributed by atoms with van der Waals surface area (Å²) in [5.74, 6) is -2.17. The van der Waals surface area contributed by atoms with Gasteiger partial charge in [-0.2, -0.15) is 0 Å². The van der Waals surface area contributed by atoms with Crippen LogP contribution in [0.25, 0.3) is 5.57 Å². The molecule has 186 valence electrons. The zero-order chi connectivity index (χ0) is 25.0. The van der Waals surface area contributed by atoms with E-state index in [2.05, 4.69) is 16.9 Å². The summed E-state index contributed by atoms with van der Waals surface area (Å²) < 4.78 is 29.0. The van der Waals surface area contributed by atoms with E-state index in [0.717, 1.165) is 51.1 Å². The first-order valence-electron chi connectivity index (χ1n) is 12.2. The van der Waals surface area contributed by atoms with Gasteiger partial charge in [-0.15, -0.1) is 0 Å². The third kappa shape index (κ3) is 6.29. The summed E-state index contributed by atoms with van der Waals surface area (Å²) in [6, 6.07) is 2.89. The fraction of sp³-hybridized carbons (Fsp3) is 0.577. The van der Waals surface area contributed by atoms with Crippen molar-refractivity contribution in [2.24, 2.45) is 22.6 Å². The number of rotatable bonds is 8. The number of allylic oxidation sites excluding steroid dienone is 1. The van der Waals surface area contributed by atoms with E-state index < -0.39 is 5.92 Å². The maximum atomic E-state index is 14.5. The molecule has 0 bridgehead atoms. The highest BCUT2D eigenvalue weighted by atomic mass is 19.3. The number of nitrogens with one attached hydrogen (secondary N) is 1. The highest BCUT2D eigenvalue weighted by Gasteiger charge is 2.32. The third-order valence-electron chi connectivity index (χ3n) is 6.66. The molecule has 34 heavy (non-hydrogen) atoms. The van der Waals surface area contributed by atoms with Crippen LogP contribution >= 0.6 is 0 Å². The largest absolute Gasteiger partial charge is 0.355 e. The molecule has 2 fully saturated rings. The topological polar surface area (TPSA) is 83.6 Å². The van der Waals surface area contributed by atoms with Gasteiger partial charge in [-0.3, -0.25) is 4.79 Å². The van der Waals surface area contributed by atoms with Crippen LogP contribution in [0.2, 0.25) is 0 Å². The van der Waals surface area contributed by atoms with E-state index in [1.165, 1.54) is 18.3 Å². The zero-order valence-corrected chi connectivity index (χ0v) is 20.7. The number of hydrogen-bond donors (Lipinski definition) is 2. The average Bonchev–Trinajstić information content (AvgIpc) is 3.64. The first-order valence-corrected chi connectivity index (χ1v) is 12.2. The van der Waals surface area contributed by atoms with Crippen molar-refractivity contribution in [3.05, 3.63) is 41.7 Å². The highest BCUT2D eigenvalue weighted by molar-refractivity contribution is 6.12.